The average molecular weight is 382 g/mol. The van der Waals surface area contributed by atoms with Gasteiger partial charge >= 0.3 is 0 Å². The van der Waals surface area contributed by atoms with Crippen molar-refractivity contribution in [1.29, 1.82) is 0 Å². The number of rotatable bonds is 6. The summed E-state index contributed by atoms with van der Waals surface area (Å²) in [4.78, 5) is 14.9. The van der Waals surface area contributed by atoms with Crippen molar-refractivity contribution in [2.75, 3.05) is 19.7 Å². The van der Waals surface area contributed by atoms with Crippen molar-refractivity contribution in [3.63, 3.8) is 0 Å². The molecule has 0 atom stereocenters. The number of hydrogen-bond donors (Lipinski definition) is 0. The predicted octanol–water partition coefficient (Wildman–Crippen LogP) is 5.15. The highest BCUT2D eigenvalue weighted by molar-refractivity contribution is 5.94. The van der Waals surface area contributed by atoms with Crippen molar-refractivity contribution in [2.45, 2.75) is 47.1 Å². The third kappa shape index (κ3) is 4.86. The predicted molar refractivity (Wildman–Crippen MR) is 112 cm³/mol. The molecule has 3 rings (SSSR count). The second-order valence-corrected chi connectivity index (χ2v) is 7.76. The number of amides is 1. The Hall–Kier alpha value is -2.49. The molecular weight excluding hydrogens is 350 g/mol. The van der Waals surface area contributed by atoms with E-state index in [1.165, 1.54) is 11.1 Å². The smallest absolute Gasteiger partial charge is 0.253 e. The van der Waals surface area contributed by atoms with E-state index in [-0.39, 0.29) is 5.91 Å². The molecular formula is C24H31NO3. The number of likely N-dealkylation sites (tertiary alicyclic amines) is 1. The Labute approximate surface area is 168 Å². The van der Waals surface area contributed by atoms with Crippen LogP contribution in [0.25, 0.3) is 0 Å². The molecule has 0 N–H and O–H groups in total. The van der Waals surface area contributed by atoms with Crippen LogP contribution in [0.5, 0.6) is 11.5 Å². The molecule has 1 aliphatic heterocycles. The number of aryl methyl sites for hydroxylation is 2. The number of carbonyl (C=O) groups is 1. The second-order valence-electron chi connectivity index (χ2n) is 7.76. The Kier molecular flexibility index (Phi) is 6.61. The lowest BCUT2D eigenvalue weighted by Gasteiger charge is -2.30. The molecule has 4 heteroatoms. The van der Waals surface area contributed by atoms with Gasteiger partial charge in [-0.15, -0.1) is 0 Å². The highest BCUT2D eigenvalue weighted by Gasteiger charge is 2.22. The number of carbonyl (C=O) groups excluding carboxylic acids is 1. The molecule has 0 radical (unpaired) electrons. The van der Waals surface area contributed by atoms with Gasteiger partial charge in [0.2, 0.25) is 0 Å². The van der Waals surface area contributed by atoms with E-state index in [1.54, 1.807) is 0 Å². The molecule has 1 heterocycles. The summed E-state index contributed by atoms with van der Waals surface area (Å²) in [7, 11) is 0. The molecule has 0 aliphatic carbocycles. The molecule has 0 bridgehead atoms. The van der Waals surface area contributed by atoms with Gasteiger partial charge in [0, 0.05) is 24.2 Å². The first-order valence-corrected chi connectivity index (χ1v) is 10.2. The normalized spacial score (nSPS) is 14.8. The van der Waals surface area contributed by atoms with Gasteiger partial charge < -0.3 is 14.4 Å². The maximum absolute atomic E-state index is 12.9. The lowest BCUT2D eigenvalue weighted by atomic mass is 9.98. The molecule has 1 amide bonds. The van der Waals surface area contributed by atoms with E-state index in [0.717, 1.165) is 43.0 Å². The van der Waals surface area contributed by atoms with E-state index in [4.69, 9.17) is 9.47 Å². The van der Waals surface area contributed by atoms with Gasteiger partial charge in [0.05, 0.1) is 6.61 Å². The number of benzene rings is 2. The molecule has 0 aromatic heterocycles. The minimum atomic E-state index is 0.0994. The SMILES string of the molecule is CCOc1ccc(C(=O)N2CCC(C)CC2)cc1COc1ccc(C)c(C)c1. The molecule has 1 saturated heterocycles. The van der Waals surface area contributed by atoms with Crippen LogP contribution in [0.2, 0.25) is 0 Å². The number of hydrogen-bond acceptors (Lipinski definition) is 3. The summed E-state index contributed by atoms with van der Waals surface area (Å²) in [5.74, 6) is 2.40. The standard InChI is InChI=1S/C24H31NO3/c1-5-27-23-9-7-20(24(26)25-12-10-17(2)11-13-25)15-21(23)16-28-22-8-6-18(3)19(4)14-22/h6-9,14-15,17H,5,10-13,16H2,1-4H3. The van der Waals surface area contributed by atoms with Crippen molar-refractivity contribution in [1.82, 2.24) is 4.90 Å². The fourth-order valence-corrected chi connectivity index (χ4v) is 3.48. The van der Waals surface area contributed by atoms with E-state index >= 15 is 0 Å². The Bertz CT molecular complexity index is 823. The summed E-state index contributed by atoms with van der Waals surface area (Å²) in [6.45, 7) is 11.0. The monoisotopic (exact) mass is 381 g/mol. The van der Waals surface area contributed by atoms with Crippen molar-refractivity contribution in [3.8, 4) is 11.5 Å². The van der Waals surface area contributed by atoms with Gasteiger partial charge in [-0.1, -0.05) is 13.0 Å². The minimum Gasteiger partial charge on any atom is -0.493 e. The summed E-state index contributed by atoms with van der Waals surface area (Å²) >= 11 is 0. The summed E-state index contributed by atoms with van der Waals surface area (Å²) in [5.41, 5.74) is 4.05. The van der Waals surface area contributed by atoms with Crippen LogP contribution in [0.1, 0.15) is 53.7 Å². The molecule has 2 aromatic rings. The molecule has 1 fully saturated rings. The van der Waals surface area contributed by atoms with Crippen LogP contribution in [-0.4, -0.2) is 30.5 Å². The molecule has 0 saturated carbocycles. The zero-order valence-electron chi connectivity index (χ0n) is 17.5. The zero-order chi connectivity index (χ0) is 20.1. The fraction of sp³-hybridized carbons (Fsp3) is 0.458. The van der Waals surface area contributed by atoms with E-state index < -0.39 is 0 Å². The van der Waals surface area contributed by atoms with Crippen molar-refractivity contribution in [3.05, 3.63) is 58.7 Å². The summed E-state index contributed by atoms with van der Waals surface area (Å²) in [6, 6.07) is 11.8. The average Bonchev–Trinajstić information content (AvgIpc) is 2.70. The van der Waals surface area contributed by atoms with Gasteiger partial charge in [0.1, 0.15) is 18.1 Å². The Morgan fingerprint density at radius 3 is 2.46 bits per heavy atom. The molecule has 4 nitrogen and oxygen atoms in total. The third-order valence-corrected chi connectivity index (χ3v) is 5.55. The molecule has 28 heavy (non-hydrogen) atoms. The highest BCUT2D eigenvalue weighted by atomic mass is 16.5. The molecule has 150 valence electrons. The summed E-state index contributed by atoms with van der Waals surface area (Å²) in [5, 5.41) is 0. The van der Waals surface area contributed by atoms with E-state index in [0.29, 0.717) is 24.7 Å². The van der Waals surface area contributed by atoms with Gasteiger partial charge in [0.15, 0.2) is 0 Å². The maximum atomic E-state index is 12.9. The molecule has 0 unspecified atom stereocenters. The summed E-state index contributed by atoms with van der Waals surface area (Å²) < 4.78 is 11.8. The fourth-order valence-electron chi connectivity index (χ4n) is 3.48. The first-order valence-electron chi connectivity index (χ1n) is 10.2. The van der Waals surface area contributed by atoms with Crippen LogP contribution in [0.4, 0.5) is 0 Å². The van der Waals surface area contributed by atoms with Gasteiger partial charge in [-0.05, 0) is 81.0 Å². The van der Waals surface area contributed by atoms with Crippen molar-refractivity contribution >= 4 is 5.91 Å². The largest absolute Gasteiger partial charge is 0.493 e. The quantitative estimate of drug-likeness (QED) is 0.694. The van der Waals surface area contributed by atoms with Crippen LogP contribution >= 0.6 is 0 Å². The minimum absolute atomic E-state index is 0.0994. The van der Waals surface area contributed by atoms with Crippen LogP contribution in [-0.2, 0) is 6.61 Å². The topological polar surface area (TPSA) is 38.8 Å². The van der Waals surface area contributed by atoms with Gasteiger partial charge in [-0.25, -0.2) is 0 Å². The van der Waals surface area contributed by atoms with Crippen LogP contribution in [0.3, 0.4) is 0 Å². The number of piperidine rings is 1. The Balaban J connectivity index is 1.76. The Morgan fingerprint density at radius 1 is 1.04 bits per heavy atom. The molecule has 1 aliphatic rings. The zero-order valence-corrected chi connectivity index (χ0v) is 17.5. The lowest BCUT2D eigenvalue weighted by molar-refractivity contribution is 0.0697. The highest BCUT2D eigenvalue weighted by Crippen LogP contribution is 2.25. The number of ether oxygens (including phenoxy) is 2. The Morgan fingerprint density at radius 2 is 1.79 bits per heavy atom. The summed E-state index contributed by atoms with van der Waals surface area (Å²) in [6.07, 6.45) is 2.15. The second kappa shape index (κ2) is 9.13. The molecule has 2 aromatic carbocycles. The van der Waals surface area contributed by atoms with Crippen LogP contribution in [0.15, 0.2) is 36.4 Å². The van der Waals surface area contributed by atoms with E-state index in [1.807, 2.05) is 42.2 Å². The van der Waals surface area contributed by atoms with Gasteiger partial charge in [-0.3, -0.25) is 4.79 Å². The first kappa shape index (κ1) is 20.2. The maximum Gasteiger partial charge on any atom is 0.253 e. The third-order valence-electron chi connectivity index (χ3n) is 5.55. The number of nitrogens with zero attached hydrogens (tertiary/aromatic N) is 1. The van der Waals surface area contributed by atoms with Gasteiger partial charge in [0.25, 0.3) is 5.91 Å². The van der Waals surface area contributed by atoms with Crippen LogP contribution < -0.4 is 9.47 Å². The van der Waals surface area contributed by atoms with Crippen molar-refractivity contribution < 1.29 is 14.3 Å². The first-order chi connectivity index (χ1) is 13.5. The van der Waals surface area contributed by atoms with Gasteiger partial charge in [-0.2, -0.15) is 0 Å². The molecule has 0 spiro atoms. The van der Waals surface area contributed by atoms with Crippen molar-refractivity contribution in [2.24, 2.45) is 5.92 Å². The lowest BCUT2D eigenvalue weighted by Crippen LogP contribution is -2.37. The van der Waals surface area contributed by atoms with Crippen LogP contribution in [0, 0.1) is 19.8 Å². The van der Waals surface area contributed by atoms with E-state index in [9.17, 15) is 4.79 Å². The van der Waals surface area contributed by atoms with E-state index in [2.05, 4.69) is 26.8 Å².